The van der Waals surface area contributed by atoms with E-state index in [2.05, 4.69) is 21.0 Å². The van der Waals surface area contributed by atoms with Crippen molar-refractivity contribution in [2.45, 2.75) is 6.42 Å². The van der Waals surface area contributed by atoms with Gasteiger partial charge in [-0.3, -0.25) is 4.79 Å². The van der Waals surface area contributed by atoms with Crippen LogP contribution in [0.25, 0.3) is 5.69 Å². The molecule has 0 unspecified atom stereocenters. The molecule has 104 valence electrons. The summed E-state index contributed by atoms with van der Waals surface area (Å²) < 4.78 is 2.66. The molecule has 3 rings (SSSR count). The maximum Gasteiger partial charge on any atom is 0.185 e. The summed E-state index contributed by atoms with van der Waals surface area (Å²) in [6.07, 6.45) is 2.01. The lowest BCUT2D eigenvalue weighted by molar-refractivity contribution is 0.0985. The number of rotatable bonds is 4. The van der Waals surface area contributed by atoms with Gasteiger partial charge in [-0.05, 0) is 35.9 Å². The molecular formula is C17H13BrN2O. The summed E-state index contributed by atoms with van der Waals surface area (Å²) in [5.74, 6) is 0.0504. The fraction of sp³-hybridized carbons (Fsp3) is 0.0588. The monoisotopic (exact) mass is 340 g/mol. The molecule has 0 spiro atoms. The van der Waals surface area contributed by atoms with E-state index in [-0.39, 0.29) is 5.78 Å². The third-order valence-electron chi connectivity index (χ3n) is 3.18. The summed E-state index contributed by atoms with van der Waals surface area (Å²) in [7, 11) is 0. The molecule has 0 saturated heterocycles. The van der Waals surface area contributed by atoms with Crippen LogP contribution in [0.15, 0.2) is 71.3 Å². The molecule has 0 fully saturated rings. The highest BCUT2D eigenvalue weighted by atomic mass is 79.9. The number of para-hydroxylation sites is 1. The molecule has 2 aromatic carbocycles. The predicted octanol–water partition coefficient (Wildman–Crippen LogP) is 4.06. The van der Waals surface area contributed by atoms with Gasteiger partial charge in [0.05, 0.1) is 11.9 Å². The van der Waals surface area contributed by atoms with Crippen molar-refractivity contribution in [3.8, 4) is 5.69 Å². The summed E-state index contributed by atoms with van der Waals surface area (Å²) >= 11 is 3.42. The second-order valence-electron chi connectivity index (χ2n) is 4.69. The van der Waals surface area contributed by atoms with Gasteiger partial charge in [-0.25, -0.2) is 4.68 Å². The number of benzene rings is 2. The smallest absolute Gasteiger partial charge is 0.185 e. The Bertz CT molecular complexity index is 765. The lowest BCUT2D eigenvalue weighted by atomic mass is 10.1. The number of carbonyl (C=O) groups is 1. The van der Waals surface area contributed by atoms with Crippen LogP contribution in [0, 0.1) is 0 Å². The molecule has 3 aromatic rings. The Balaban J connectivity index is 1.88. The van der Waals surface area contributed by atoms with Crippen molar-refractivity contribution < 1.29 is 4.79 Å². The van der Waals surface area contributed by atoms with Crippen molar-refractivity contribution in [3.05, 3.63) is 82.6 Å². The average Bonchev–Trinajstić information content (AvgIpc) is 2.98. The summed E-state index contributed by atoms with van der Waals surface area (Å²) in [6.45, 7) is 0. The molecule has 1 heterocycles. The van der Waals surface area contributed by atoms with Crippen LogP contribution >= 0.6 is 15.9 Å². The zero-order chi connectivity index (χ0) is 14.7. The maximum atomic E-state index is 12.5. The summed E-state index contributed by atoms with van der Waals surface area (Å²) in [6, 6.07) is 19.2. The number of halogens is 1. The van der Waals surface area contributed by atoms with Crippen molar-refractivity contribution in [3.63, 3.8) is 0 Å². The van der Waals surface area contributed by atoms with Crippen LogP contribution in [0.4, 0.5) is 0 Å². The lowest BCUT2D eigenvalue weighted by Crippen LogP contribution is -2.11. The largest absolute Gasteiger partial charge is 0.292 e. The van der Waals surface area contributed by atoms with Crippen molar-refractivity contribution in [1.82, 2.24) is 9.78 Å². The molecule has 3 nitrogen and oxygen atoms in total. The summed E-state index contributed by atoms with van der Waals surface area (Å²) in [5.41, 5.74) is 2.47. The number of carbonyl (C=O) groups excluding carboxylic acids is 1. The molecule has 0 aliphatic rings. The summed E-state index contributed by atoms with van der Waals surface area (Å²) in [4.78, 5) is 12.5. The van der Waals surface area contributed by atoms with Crippen molar-refractivity contribution >= 4 is 21.7 Å². The predicted molar refractivity (Wildman–Crippen MR) is 85.7 cm³/mol. The van der Waals surface area contributed by atoms with Crippen LogP contribution < -0.4 is 0 Å². The van der Waals surface area contributed by atoms with Gasteiger partial charge in [0.15, 0.2) is 5.78 Å². The first-order valence-corrected chi connectivity index (χ1v) is 7.40. The Morgan fingerprint density at radius 2 is 1.86 bits per heavy atom. The van der Waals surface area contributed by atoms with Crippen LogP contribution in [0.3, 0.4) is 0 Å². The first-order valence-electron chi connectivity index (χ1n) is 6.61. The van der Waals surface area contributed by atoms with E-state index >= 15 is 0 Å². The van der Waals surface area contributed by atoms with Gasteiger partial charge >= 0.3 is 0 Å². The van der Waals surface area contributed by atoms with E-state index in [9.17, 15) is 4.79 Å². The Labute approximate surface area is 131 Å². The van der Waals surface area contributed by atoms with Gasteiger partial charge in [-0.1, -0.05) is 46.3 Å². The van der Waals surface area contributed by atoms with E-state index < -0.39 is 0 Å². The second-order valence-corrected chi connectivity index (χ2v) is 5.61. The van der Waals surface area contributed by atoms with Crippen LogP contribution in [0.5, 0.6) is 0 Å². The molecule has 0 radical (unpaired) electrons. The zero-order valence-electron chi connectivity index (χ0n) is 11.2. The molecule has 0 bridgehead atoms. The van der Waals surface area contributed by atoms with E-state index in [0.29, 0.717) is 12.1 Å². The fourth-order valence-electron chi connectivity index (χ4n) is 2.21. The molecule has 0 saturated carbocycles. The van der Waals surface area contributed by atoms with Crippen LogP contribution in [0.2, 0.25) is 0 Å². The number of aromatic nitrogens is 2. The molecule has 21 heavy (non-hydrogen) atoms. The SMILES string of the molecule is O=C(Cc1cccc(Br)c1)c1ccnn1-c1ccccc1. The Morgan fingerprint density at radius 3 is 2.62 bits per heavy atom. The van der Waals surface area contributed by atoms with E-state index in [1.807, 2.05) is 54.6 Å². The highest BCUT2D eigenvalue weighted by Crippen LogP contribution is 2.16. The van der Waals surface area contributed by atoms with Crippen LogP contribution in [0.1, 0.15) is 16.1 Å². The van der Waals surface area contributed by atoms with Gasteiger partial charge < -0.3 is 0 Å². The van der Waals surface area contributed by atoms with Crippen molar-refractivity contribution in [1.29, 1.82) is 0 Å². The standard InChI is InChI=1S/C17H13BrN2O/c18-14-6-4-5-13(11-14)12-17(21)16-9-10-19-20(16)15-7-2-1-3-8-15/h1-11H,12H2. The highest BCUT2D eigenvalue weighted by molar-refractivity contribution is 9.10. The third kappa shape index (κ3) is 3.11. The molecule has 0 N–H and O–H groups in total. The highest BCUT2D eigenvalue weighted by Gasteiger charge is 2.13. The normalized spacial score (nSPS) is 10.5. The first kappa shape index (κ1) is 13.8. The number of Topliss-reactive ketones (excluding diaryl/α,β-unsaturated/α-hetero) is 1. The first-order chi connectivity index (χ1) is 10.2. The van der Waals surface area contributed by atoms with Crippen molar-refractivity contribution in [2.75, 3.05) is 0 Å². The Hall–Kier alpha value is -2.20. The molecule has 1 aromatic heterocycles. The summed E-state index contributed by atoms with van der Waals surface area (Å²) in [5, 5.41) is 4.25. The minimum Gasteiger partial charge on any atom is -0.292 e. The minimum atomic E-state index is 0.0504. The van der Waals surface area contributed by atoms with Gasteiger partial charge in [0.2, 0.25) is 0 Å². The van der Waals surface area contributed by atoms with E-state index in [4.69, 9.17) is 0 Å². The van der Waals surface area contributed by atoms with Crippen molar-refractivity contribution in [2.24, 2.45) is 0 Å². The average molecular weight is 341 g/mol. The molecule has 4 heteroatoms. The third-order valence-corrected chi connectivity index (χ3v) is 3.68. The molecule has 0 aliphatic heterocycles. The van der Waals surface area contributed by atoms with Gasteiger partial charge in [0, 0.05) is 10.9 Å². The maximum absolute atomic E-state index is 12.5. The van der Waals surface area contributed by atoms with E-state index in [1.165, 1.54) is 0 Å². The minimum absolute atomic E-state index is 0.0504. The van der Waals surface area contributed by atoms with Gasteiger partial charge in [0.25, 0.3) is 0 Å². The topological polar surface area (TPSA) is 34.9 Å². The van der Waals surface area contributed by atoms with Gasteiger partial charge in [0.1, 0.15) is 5.69 Å². The number of nitrogens with zero attached hydrogens (tertiary/aromatic N) is 2. The van der Waals surface area contributed by atoms with Crippen LogP contribution in [-0.4, -0.2) is 15.6 Å². The molecule has 0 atom stereocenters. The Kier molecular flexibility index (Phi) is 3.97. The fourth-order valence-corrected chi connectivity index (χ4v) is 2.66. The quantitative estimate of drug-likeness (QED) is 0.671. The number of hydrogen-bond acceptors (Lipinski definition) is 2. The van der Waals surface area contributed by atoms with Gasteiger partial charge in [-0.2, -0.15) is 5.10 Å². The van der Waals surface area contributed by atoms with Crippen LogP contribution in [-0.2, 0) is 6.42 Å². The van der Waals surface area contributed by atoms with Gasteiger partial charge in [-0.15, -0.1) is 0 Å². The lowest BCUT2D eigenvalue weighted by Gasteiger charge is -2.07. The number of ketones is 1. The molecule has 0 amide bonds. The second kappa shape index (κ2) is 6.06. The Morgan fingerprint density at radius 1 is 1.05 bits per heavy atom. The van der Waals surface area contributed by atoms with E-state index in [0.717, 1.165) is 15.7 Å². The number of hydrogen-bond donors (Lipinski definition) is 0. The zero-order valence-corrected chi connectivity index (χ0v) is 12.8. The molecule has 0 aliphatic carbocycles. The van der Waals surface area contributed by atoms with E-state index in [1.54, 1.807) is 16.9 Å². The molecular weight excluding hydrogens is 328 g/mol.